The minimum atomic E-state index is -0.0268. The molecule has 2 fully saturated rings. The topological polar surface area (TPSA) is 93.2 Å². The number of ether oxygens (including phenoxy) is 3. The molecule has 0 bridgehead atoms. The summed E-state index contributed by atoms with van der Waals surface area (Å²) in [5, 5.41) is 3.73. The Balaban J connectivity index is 0.935. The van der Waals surface area contributed by atoms with Crippen LogP contribution in [-0.4, -0.2) is 72.6 Å². The summed E-state index contributed by atoms with van der Waals surface area (Å²) in [5.41, 5.74) is 2.93. The molecule has 3 aromatic rings. The Labute approximate surface area is 240 Å². The molecule has 2 aliphatic heterocycles. The number of nitrogens with one attached hydrogen (secondary N) is 1. The van der Waals surface area contributed by atoms with Gasteiger partial charge >= 0.3 is 0 Å². The molecule has 0 radical (unpaired) electrons. The summed E-state index contributed by atoms with van der Waals surface area (Å²) in [5.74, 6) is 3.17. The van der Waals surface area contributed by atoms with E-state index in [9.17, 15) is 9.59 Å². The van der Waals surface area contributed by atoms with Gasteiger partial charge in [0.15, 0.2) is 11.5 Å². The van der Waals surface area contributed by atoms with Gasteiger partial charge in [-0.15, -0.1) is 0 Å². The molecular weight excluding hydrogens is 520 g/mol. The van der Waals surface area contributed by atoms with E-state index in [1.54, 1.807) is 7.11 Å². The number of aromatic nitrogens is 1. The molecule has 1 aliphatic carbocycles. The van der Waals surface area contributed by atoms with Crippen molar-refractivity contribution in [2.24, 2.45) is 0 Å². The number of amides is 2. The van der Waals surface area contributed by atoms with Gasteiger partial charge in [0, 0.05) is 50.1 Å². The zero-order chi connectivity index (χ0) is 28.2. The standard InChI is InChI=1S/C32H38N4O5/c1-39-28-11-8-22(17-29(28)41-25-5-2-3-6-25)21-35-12-14-36(15-13-35)31(38)7-4-16-40-26-9-10-27-23(19-26)18-24-20-30(37)34-32(24)33-27/h8-11,17-19,25H,2-7,12-16,20-21H2,1H3,(H,33,34,37). The highest BCUT2D eigenvalue weighted by molar-refractivity contribution is 6.00. The molecule has 9 nitrogen and oxygen atoms in total. The van der Waals surface area contributed by atoms with Crippen LogP contribution in [0, 0.1) is 0 Å². The molecule has 0 unspecified atom stereocenters. The Bertz CT molecular complexity index is 1410. The van der Waals surface area contributed by atoms with E-state index >= 15 is 0 Å². The van der Waals surface area contributed by atoms with Crippen LogP contribution >= 0.6 is 0 Å². The number of carbonyl (C=O) groups excluding carboxylic acids is 2. The number of hydrogen-bond donors (Lipinski definition) is 1. The highest BCUT2D eigenvalue weighted by Crippen LogP contribution is 2.33. The van der Waals surface area contributed by atoms with Crippen LogP contribution < -0.4 is 19.5 Å². The maximum atomic E-state index is 12.8. The van der Waals surface area contributed by atoms with Crippen LogP contribution in [0.3, 0.4) is 0 Å². The Kier molecular flexibility index (Phi) is 8.23. The predicted octanol–water partition coefficient (Wildman–Crippen LogP) is 4.56. The number of methoxy groups -OCH3 is 1. The fourth-order valence-corrected chi connectivity index (χ4v) is 5.96. The first-order valence-electron chi connectivity index (χ1n) is 14.7. The van der Waals surface area contributed by atoms with Crippen LogP contribution in [0.4, 0.5) is 5.82 Å². The molecular formula is C32H38N4O5. The molecule has 6 rings (SSSR count). The minimum absolute atomic E-state index is 0.0268. The molecule has 3 heterocycles. The molecule has 0 spiro atoms. The second-order valence-corrected chi connectivity index (χ2v) is 11.2. The first-order valence-corrected chi connectivity index (χ1v) is 14.7. The lowest BCUT2D eigenvalue weighted by molar-refractivity contribution is -0.133. The number of fused-ring (bicyclic) bond motifs is 2. The Morgan fingerprint density at radius 1 is 1.02 bits per heavy atom. The van der Waals surface area contributed by atoms with E-state index in [1.165, 1.54) is 18.4 Å². The summed E-state index contributed by atoms with van der Waals surface area (Å²) < 4.78 is 17.7. The molecule has 9 heteroatoms. The van der Waals surface area contributed by atoms with Crippen LogP contribution in [0.2, 0.25) is 0 Å². The van der Waals surface area contributed by atoms with E-state index in [2.05, 4.69) is 27.3 Å². The van der Waals surface area contributed by atoms with Gasteiger partial charge in [0.1, 0.15) is 11.6 Å². The Hall–Kier alpha value is -3.85. The van der Waals surface area contributed by atoms with E-state index in [1.807, 2.05) is 35.2 Å². The molecule has 2 aromatic carbocycles. The predicted molar refractivity (Wildman–Crippen MR) is 157 cm³/mol. The van der Waals surface area contributed by atoms with E-state index in [0.29, 0.717) is 31.7 Å². The van der Waals surface area contributed by atoms with Crippen molar-refractivity contribution in [2.45, 2.75) is 57.6 Å². The second-order valence-electron chi connectivity index (χ2n) is 11.2. The average molecular weight is 559 g/mol. The van der Waals surface area contributed by atoms with E-state index < -0.39 is 0 Å². The number of hydrogen-bond acceptors (Lipinski definition) is 7. The van der Waals surface area contributed by atoms with Crippen molar-refractivity contribution < 1.29 is 23.8 Å². The van der Waals surface area contributed by atoms with Crippen molar-refractivity contribution in [1.82, 2.24) is 14.8 Å². The van der Waals surface area contributed by atoms with Gasteiger partial charge in [-0.05, 0) is 74.1 Å². The highest BCUT2D eigenvalue weighted by atomic mass is 16.5. The summed E-state index contributed by atoms with van der Waals surface area (Å²) in [7, 11) is 1.69. The fourth-order valence-electron chi connectivity index (χ4n) is 5.96. The van der Waals surface area contributed by atoms with Crippen LogP contribution in [-0.2, 0) is 22.6 Å². The number of piperazine rings is 1. The monoisotopic (exact) mass is 558 g/mol. The first kappa shape index (κ1) is 27.3. The maximum Gasteiger partial charge on any atom is 0.230 e. The van der Waals surface area contributed by atoms with Gasteiger partial charge in [0.05, 0.1) is 31.8 Å². The summed E-state index contributed by atoms with van der Waals surface area (Å²) in [6.45, 7) is 4.48. The lowest BCUT2D eigenvalue weighted by Gasteiger charge is -2.35. The third-order valence-electron chi connectivity index (χ3n) is 8.23. The smallest absolute Gasteiger partial charge is 0.230 e. The number of benzene rings is 2. The van der Waals surface area contributed by atoms with Gasteiger partial charge in [-0.3, -0.25) is 14.5 Å². The van der Waals surface area contributed by atoms with Crippen LogP contribution in [0.15, 0.2) is 42.5 Å². The average Bonchev–Trinajstić information content (AvgIpc) is 3.62. The fraction of sp³-hybridized carbons (Fsp3) is 0.469. The largest absolute Gasteiger partial charge is 0.494 e. The molecule has 216 valence electrons. The van der Waals surface area contributed by atoms with Gasteiger partial charge in [0.2, 0.25) is 11.8 Å². The summed E-state index contributed by atoms with van der Waals surface area (Å²) in [6.07, 6.45) is 6.46. The molecule has 3 aliphatic rings. The normalized spacial score (nSPS) is 17.5. The van der Waals surface area contributed by atoms with Crippen molar-refractivity contribution in [1.29, 1.82) is 0 Å². The third-order valence-corrected chi connectivity index (χ3v) is 8.23. The van der Waals surface area contributed by atoms with E-state index in [-0.39, 0.29) is 17.9 Å². The molecule has 41 heavy (non-hydrogen) atoms. The first-order chi connectivity index (χ1) is 20.0. The van der Waals surface area contributed by atoms with E-state index in [0.717, 1.165) is 79.3 Å². The quantitative estimate of drug-likeness (QED) is 0.365. The SMILES string of the molecule is COc1ccc(CN2CCN(C(=O)CCCOc3ccc4nc5c(cc4c3)CC(=O)N5)CC2)cc1OC1CCCC1. The molecule has 1 N–H and O–H groups in total. The second kappa shape index (κ2) is 12.3. The highest BCUT2D eigenvalue weighted by Gasteiger charge is 2.23. The van der Waals surface area contributed by atoms with Crippen molar-refractivity contribution in [3.8, 4) is 17.2 Å². The number of anilines is 1. The van der Waals surface area contributed by atoms with Crippen LogP contribution in [0.1, 0.15) is 49.7 Å². The van der Waals surface area contributed by atoms with Crippen LogP contribution in [0.25, 0.3) is 10.9 Å². The summed E-state index contributed by atoms with van der Waals surface area (Å²) in [4.78, 5) is 33.4. The zero-order valence-electron chi connectivity index (χ0n) is 23.7. The molecule has 0 atom stereocenters. The molecule has 1 aromatic heterocycles. The summed E-state index contributed by atoms with van der Waals surface area (Å²) >= 11 is 0. The summed E-state index contributed by atoms with van der Waals surface area (Å²) in [6, 6.07) is 13.9. The number of pyridine rings is 1. The van der Waals surface area contributed by atoms with Crippen molar-refractivity contribution in [2.75, 3.05) is 45.2 Å². The van der Waals surface area contributed by atoms with Crippen molar-refractivity contribution in [3.63, 3.8) is 0 Å². The van der Waals surface area contributed by atoms with Crippen LogP contribution in [0.5, 0.6) is 17.2 Å². The molecule has 1 saturated heterocycles. The molecule has 2 amide bonds. The van der Waals surface area contributed by atoms with Gasteiger partial charge in [-0.25, -0.2) is 4.98 Å². The number of nitrogens with zero attached hydrogens (tertiary/aromatic N) is 3. The van der Waals surface area contributed by atoms with E-state index in [4.69, 9.17) is 14.2 Å². The van der Waals surface area contributed by atoms with Gasteiger partial charge < -0.3 is 24.4 Å². The van der Waals surface area contributed by atoms with Gasteiger partial charge in [0.25, 0.3) is 0 Å². The number of rotatable bonds is 10. The van der Waals surface area contributed by atoms with Gasteiger partial charge in [-0.2, -0.15) is 0 Å². The van der Waals surface area contributed by atoms with Crippen molar-refractivity contribution >= 4 is 28.5 Å². The maximum absolute atomic E-state index is 12.8. The van der Waals surface area contributed by atoms with Gasteiger partial charge in [-0.1, -0.05) is 6.07 Å². The van der Waals surface area contributed by atoms with Crippen molar-refractivity contribution in [3.05, 3.63) is 53.6 Å². The Morgan fingerprint density at radius 3 is 2.66 bits per heavy atom. The number of carbonyl (C=O) groups is 2. The molecule has 1 saturated carbocycles. The Morgan fingerprint density at radius 2 is 1.85 bits per heavy atom. The zero-order valence-corrected chi connectivity index (χ0v) is 23.7. The lowest BCUT2D eigenvalue weighted by Crippen LogP contribution is -2.48. The minimum Gasteiger partial charge on any atom is -0.494 e. The lowest BCUT2D eigenvalue weighted by atomic mass is 10.1. The third kappa shape index (κ3) is 6.56.